The Morgan fingerprint density at radius 1 is 1.03 bits per heavy atom. The number of nitrogens with one attached hydrogen (secondary N) is 1. The fraction of sp³-hybridized carbons (Fsp3) is 0.448. The summed E-state index contributed by atoms with van der Waals surface area (Å²) in [5.74, 6) is 1.27. The minimum atomic E-state index is -0.577. The molecule has 0 spiro atoms. The minimum Gasteiger partial charge on any atom is -0.497 e. The summed E-state index contributed by atoms with van der Waals surface area (Å²) in [6, 6.07) is 12.7. The van der Waals surface area contributed by atoms with Gasteiger partial charge in [-0.05, 0) is 36.2 Å². The maximum absolute atomic E-state index is 13.9. The number of hydrogen-bond acceptors (Lipinski definition) is 6. The van der Waals surface area contributed by atoms with Crippen molar-refractivity contribution in [1.82, 2.24) is 19.7 Å². The zero-order valence-corrected chi connectivity index (χ0v) is 21.9. The molecule has 1 N–H and O–H groups in total. The number of benzene rings is 2. The van der Waals surface area contributed by atoms with E-state index in [1.165, 1.54) is 0 Å². The average Bonchev–Trinajstić information content (AvgIpc) is 3.33. The number of carbonyl (C=O) groups excluding carboxylic acids is 2. The lowest BCUT2D eigenvalue weighted by molar-refractivity contribution is -0.158. The number of aromatic amines is 1. The second kappa shape index (κ2) is 10.3. The second-order valence-corrected chi connectivity index (χ2v) is 10.2. The van der Waals surface area contributed by atoms with Gasteiger partial charge in [-0.25, -0.2) is 0 Å². The van der Waals surface area contributed by atoms with Gasteiger partial charge in [0.1, 0.15) is 23.6 Å². The summed E-state index contributed by atoms with van der Waals surface area (Å²) in [7, 11) is 3.24. The molecule has 9 nitrogen and oxygen atoms in total. The van der Waals surface area contributed by atoms with E-state index in [9.17, 15) is 9.59 Å². The maximum atomic E-state index is 13.9. The SMILES string of the molecule is COc1ccc(OC)c(C2c3[nH]c4ccccc4c3C[C@H]3C(=O)N(CCCN4CCOCC4)CC(=O)N23)c1. The first-order valence-corrected chi connectivity index (χ1v) is 13.3. The number of carbonyl (C=O) groups is 2. The first-order chi connectivity index (χ1) is 18.6. The molecule has 200 valence electrons. The molecular formula is C29H34N4O5. The number of aromatic nitrogens is 1. The second-order valence-electron chi connectivity index (χ2n) is 10.2. The third-order valence-corrected chi connectivity index (χ3v) is 8.08. The lowest BCUT2D eigenvalue weighted by Gasteiger charge is -2.47. The molecular weight excluding hydrogens is 484 g/mol. The Labute approximate surface area is 222 Å². The zero-order chi connectivity index (χ0) is 26.2. The predicted molar refractivity (Wildman–Crippen MR) is 142 cm³/mol. The normalized spacial score (nSPS) is 21.9. The Bertz CT molecular complexity index is 1350. The van der Waals surface area contributed by atoms with Crippen molar-refractivity contribution in [2.45, 2.75) is 24.9 Å². The molecule has 9 heteroatoms. The van der Waals surface area contributed by atoms with Gasteiger partial charge in [-0.15, -0.1) is 0 Å². The van der Waals surface area contributed by atoms with Crippen molar-refractivity contribution >= 4 is 22.7 Å². The first kappa shape index (κ1) is 24.8. The summed E-state index contributed by atoms with van der Waals surface area (Å²) in [5.41, 5.74) is 3.79. The van der Waals surface area contributed by atoms with Crippen molar-refractivity contribution in [1.29, 1.82) is 0 Å². The van der Waals surface area contributed by atoms with E-state index < -0.39 is 12.1 Å². The minimum absolute atomic E-state index is 0.00868. The number of nitrogens with zero attached hydrogens (tertiary/aromatic N) is 3. The molecule has 2 fully saturated rings. The molecule has 2 amide bonds. The predicted octanol–water partition coefficient (Wildman–Crippen LogP) is 2.59. The van der Waals surface area contributed by atoms with Crippen LogP contribution >= 0.6 is 0 Å². The van der Waals surface area contributed by atoms with Crippen molar-refractivity contribution < 1.29 is 23.8 Å². The number of fused-ring (bicyclic) bond motifs is 4. The average molecular weight is 519 g/mol. The van der Waals surface area contributed by atoms with E-state index in [0.717, 1.165) is 67.0 Å². The standard InChI is InChI=1S/C29H34N4O5/c1-36-19-8-9-25(37-2)22(16-19)28-27-21(20-6-3-4-7-23(20)30-27)17-24-29(35)32(18-26(34)33(24)28)11-5-10-31-12-14-38-15-13-31/h3-4,6-9,16,24,28,30H,5,10-15,17-18H2,1-2H3/t24-,28?/m0/s1. The van der Waals surface area contributed by atoms with Gasteiger partial charge in [0.15, 0.2) is 0 Å². The van der Waals surface area contributed by atoms with Gasteiger partial charge in [-0.3, -0.25) is 14.5 Å². The molecule has 2 saturated heterocycles. The van der Waals surface area contributed by atoms with Crippen molar-refractivity contribution in [3.63, 3.8) is 0 Å². The van der Waals surface area contributed by atoms with Crippen molar-refractivity contribution in [3.05, 3.63) is 59.3 Å². The van der Waals surface area contributed by atoms with Gasteiger partial charge in [0, 0.05) is 54.8 Å². The van der Waals surface area contributed by atoms with Crippen LogP contribution in [0, 0.1) is 0 Å². The molecule has 3 aliphatic rings. The zero-order valence-electron chi connectivity index (χ0n) is 21.9. The largest absolute Gasteiger partial charge is 0.497 e. The lowest BCUT2D eigenvalue weighted by atomic mass is 9.85. The highest BCUT2D eigenvalue weighted by Gasteiger charge is 2.48. The van der Waals surface area contributed by atoms with Crippen molar-refractivity contribution in [2.75, 3.05) is 60.2 Å². The first-order valence-electron chi connectivity index (χ1n) is 13.3. The summed E-state index contributed by atoms with van der Waals surface area (Å²) in [5, 5.41) is 1.08. The molecule has 3 aliphatic heterocycles. The molecule has 3 aromatic rings. The van der Waals surface area contributed by atoms with Crippen LogP contribution in [0.15, 0.2) is 42.5 Å². The van der Waals surface area contributed by atoms with E-state index >= 15 is 0 Å². The van der Waals surface area contributed by atoms with Crippen LogP contribution in [0.2, 0.25) is 0 Å². The van der Waals surface area contributed by atoms with E-state index in [0.29, 0.717) is 24.5 Å². The number of methoxy groups -OCH3 is 2. The van der Waals surface area contributed by atoms with E-state index in [1.807, 2.05) is 36.4 Å². The highest BCUT2D eigenvalue weighted by atomic mass is 16.5. The van der Waals surface area contributed by atoms with Crippen LogP contribution in [0.25, 0.3) is 10.9 Å². The number of amides is 2. The molecule has 0 radical (unpaired) electrons. The summed E-state index contributed by atoms with van der Waals surface area (Å²) in [6.07, 6.45) is 1.31. The molecule has 38 heavy (non-hydrogen) atoms. The van der Waals surface area contributed by atoms with Crippen LogP contribution in [0.1, 0.15) is 29.3 Å². The summed E-state index contributed by atoms with van der Waals surface area (Å²) >= 11 is 0. The fourth-order valence-electron chi connectivity index (χ4n) is 6.20. The van der Waals surface area contributed by atoms with E-state index in [4.69, 9.17) is 14.2 Å². The van der Waals surface area contributed by atoms with Crippen LogP contribution in [0.5, 0.6) is 11.5 Å². The van der Waals surface area contributed by atoms with Crippen molar-refractivity contribution in [2.24, 2.45) is 0 Å². The number of rotatable bonds is 7. The smallest absolute Gasteiger partial charge is 0.246 e. The van der Waals surface area contributed by atoms with Crippen LogP contribution < -0.4 is 9.47 Å². The van der Waals surface area contributed by atoms with Gasteiger partial charge in [-0.1, -0.05) is 18.2 Å². The number of H-pyrrole nitrogens is 1. The Morgan fingerprint density at radius 2 is 1.84 bits per heavy atom. The molecule has 0 saturated carbocycles. The third-order valence-electron chi connectivity index (χ3n) is 8.08. The highest BCUT2D eigenvalue weighted by Crippen LogP contribution is 2.45. The fourth-order valence-corrected chi connectivity index (χ4v) is 6.20. The third kappa shape index (κ3) is 4.29. The van der Waals surface area contributed by atoms with Gasteiger partial charge < -0.3 is 29.0 Å². The lowest BCUT2D eigenvalue weighted by Crippen LogP contribution is -2.63. The molecule has 4 heterocycles. The Balaban J connectivity index is 1.36. The number of para-hydroxylation sites is 1. The number of hydrogen-bond donors (Lipinski definition) is 1. The van der Waals surface area contributed by atoms with E-state index in [1.54, 1.807) is 24.0 Å². The van der Waals surface area contributed by atoms with Crippen LogP contribution in [0.3, 0.4) is 0 Å². The van der Waals surface area contributed by atoms with Crippen LogP contribution in [-0.4, -0.2) is 97.7 Å². The van der Waals surface area contributed by atoms with Gasteiger partial charge in [-0.2, -0.15) is 0 Å². The summed E-state index contributed by atoms with van der Waals surface area (Å²) in [4.78, 5) is 37.2. The van der Waals surface area contributed by atoms with E-state index in [-0.39, 0.29) is 18.4 Å². The number of morpholine rings is 1. The van der Waals surface area contributed by atoms with Gasteiger partial charge >= 0.3 is 0 Å². The van der Waals surface area contributed by atoms with E-state index in [2.05, 4.69) is 16.0 Å². The molecule has 6 rings (SSSR count). The summed E-state index contributed by atoms with van der Waals surface area (Å²) in [6.45, 7) is 4.87. The van der Waals surface area contributed by atoms with Gasteiger partial charge in [0.25, 0.3) is 0 Å². The topological polar surface area (TPSA) is 87.3 Å². The quantitative estimate of drug-likeness (QED) is 0.518. The van der Waals surface area contributed by atoms with Crippen LogP contribution in [0.4, 0.5) is 0 Å². The molecule has 2 aromatic carbocycles. The Morgan fingerprint density at radius 3 is 2.63 bits per heavy atom. The monoisotopic (exact) mass is 518 g/mol. The molecule has 1 aromatic heterocycles. The van der Waals surface area contributed by atoms with Gasteiger partial charge in [0.05, 0.1) is 34.0 Å². The molecule has 0 bridgehead atoms. The molecule has 2 atom stereocenters. The highest BCUT2D eigenvalue weighted by molar-refractivity contribution is 5.97. The Kier molecular flexibility index (Phi) is 6.71. The maximum Gasteiger partial charge on any atom is 0.246 e. The Hall–Kier alpha value is -3.56. The number of piperazine rings is 1. The summed E-state index contributed by atoms with van der Waals surface area (Å²) < 4.78 is 16.7. The number of ether oxygens (including phenoxy) is 3. The van der Waals surface area contributed by atoms with Crippen molar-refractivity contribution in [3.8, 4) is 11.5 Å². The molecule has 1 unspecified atom stereocenters. The molecule has 0 aliphatic carbocycles. The van der Waals surface area contributed by atoms with Crippen LogP contribution in [-0.2, 0) is 20.7 Å². The van der Waals surface area contributed by atoms with Gasteiger partial charge in [0.2, 0.25) is 11.8 Å².